The highest BCUT2D eigenvalue weighted by atomic mass is 16.2. The lowest BCUT2D eigenvalue weighted by Gasteiger charge is -2.35. The summed E-state index contributed by atoms with van der Waals surface area (Å²) in [6.07, 6.45) is 12.5. The Hall–Kier alpha value is -2.89. The summed E-state index contributed by atoms with van der Waals surface area (Å²) in [5, 5.41) is 4.39. The maximum atomic E-state index is 13.1. The minimum Gasteiger partial charge on any atom is -0.334 e. The number of aryl methyl sites for hydroxylation is 1. The first kappa shape index (κ1) is 16.6. The Morgan fingerprint density at radius 3 is 2.77 bits per heavy atom. The third-order valence-electron chi connectivity index (χ3n) is 4.96. The second kappa shape index (κ2) is 7.15. The lowest BCUT2D eigenvalue weighted by Crippen LogP contribution is -2.45. The van der Waals surface area contributed by atoms with Crippen molar-refractivity contribution < 1.29 is 4.79 Å². The molecule has 1 amide bonds. The molecule has 4 rings (SSSR count). The van der Waals surface area contributed by atoms with Crippen molar-refractivity contribution >= 4 is 5.91 Å². The van der Waals surface area contributed by atoms with Gasteiger partial charge in [0.25, 0.3) is 5.91 Å². The number of carbonyl (C=O) groups is 1. The predicted octanol–water partition coefficient (Wildman–Crippen LogP) is 3.07. The Bertz CT molecular complexity index is 866. The van der Waals surface area contributed by atoms with E-state index < -0.39 is 0 Å². The first-order chi connectivity index (χ1) is 12.7. The van der Waals surface area contributed by atoms with E-state index in [-0.39, 0.29) is 11.9 Å². The van der Waals surface area contributed by atoms with E-state index in [0.29, 0.717) is 0 Å². The summed E-state index contributed by atoms with van der Waals surface area (Å²) in [6.45, 7) is 3.61. The van der Waals surface area contributed by atoms with Crippen LogP contribution in [-0.2, 0) is 6.54 Å². The molecule has 134 valence electrons. The molecule has 0 aliphatic carbocycles. The van der Waals surface area contributed by atoms with Crippen molar-refractivity contribution in [1.29, 1.82) is 0 Å². The third-order valence-corrected chi connectivity index (χ3v) is 4.96. The number of aromatic nitrogens is 4. The highest BCUT2D eigenvalue weighted by Crippen LogP contribution is 2.22. The van der Waals surface area contributed by atoms with Gasteiger partial charge in [-0.25, -0.2) is 4.98 Å². The molecule has 0 unspecified atom stereocenters. The van der Waals surface area contributed by atoms with Crippen molar-refractivity contribution in [2.45, 2.75) is 38.8 Å². The van der Waals surface area contributed by atoms with Crippen LogP contribution >= 0.6 is 0 Å². The number of piperidine rings is 1. The monoisotopic (exact) mass is 349 g/mol. The lowest BCUT2D eigenvalue weighted by molar-refractivity contribution is 0.0584. The van der Waals surface area contributed by atoms with E-state index in [2.05, 4.69) is 10.1 Å². The quantitative estimate of drug-likeness (QED) is 0.727. The van der Waals surface area contributed by atoms with Crippen LogP contribution in [0.2, 0.25) is 0 Å². The van der Waals surface area contributed by atoms with E-state index >= 15 is 0 Å². The molecule has 0 saturated carbocycles. The second-order valence-electron chi connectivity index (χ2n) is 6.90. The van der Waals surface area contributed by atoms with Crippen molar-refractivity contribution in [3.8, 4) is 5.69 Å². The van der Waals surface area contributed by atoms with Gasteiger partial charge in [0.2, 0.25) is 0 Å². The molecule has 1 fully saturated rings. The van der Waals surface area contributed by atoms with Crippen molar-refractivity contribution in [2.75, 3.05) is 6.54 Å². The van der Waals surface area contributed by atoms with E-state index in [1.807, 2.05) is 63.9 Å². The number of amides is 1. The van der Waals surface area contributed by atoms with Crippen molar-refractivity contribution in [3.05, 3.63) is 66.5 Å². The number of hydrogen-bond donors (Lipinski definition) is 0. The topological polar surface area (TPSA) is 56.0 Å². The molecule has 0 radical (unpaired) electrons. The molecule has 1 saturated heterocycles. The average molecular weight is 349 g/mol. The zero-order chi connectivity index (χ0) is 17.9. The van der Waals surface area contributed by atoms with Gasteiger partial charge in [0, 0.05) is 36.4 Å². The van der Waals surface area contributed by atoms with Crippen LogP contribution in [0.5, 0.6) is 0 Å². The van der Waals surface area contributed by atoms with Crippen LogP contribution < -0.4 is 0 Å². The van der Waals surface area contributed by atoms with Gasteiger partial charge in [-0.3, -0.25) is 9.48 Å². The Morgan fingerprint density at radius 2 is 2.08 bits per heavy atom. The van der Waals surface area contributed by atoms with E-state index in [9.17, 15) is 4.79 Å². The van der Waals surface area contributed by atoms with Gasteiger partial charge in [-0.15, -0.1) is 0 Å². The maximum absolute atomic E-state index is 13.1. The van der Waals surface area contributed by atoms with Crippen molar-refractivity contribution in [3.63, 3.8) is 0 Å². The van der Waals surface area contributed by atoms with Gasteiger partial charge in [0.05, 0.1) is 25.1 Å². The average Bonchev–Trinajstić information content (AvgIpc) is 3.34. The smallest absolute Gasteiger partial charge is 0.254 e. The van der Waals surface area contributed by atoms with Crippen LogP contribution in [0.3, 0.4) is 0 Å². The molecule has 1 atom stereocenters. The minimum atomic E-state index is 0.107. The summed E-state index contributed by atoms with van der Waals surface area (Å²) in [5.41, 5.74) is 2.88. The van der Waals surface area contributed by atoms with Gasteiger partial charge in [0.15, 0.2) is 0 Å². The summed E-state index contributed by atoms with van der Waals surface area (Å²) in [4.78, 5) is 19.2. The second-order valence-corrected chi connectivity index (χ2v) is 6.90. The molecule has 0 N–H and O–H groups in total. The third kappa shape index (κ3) is 3.40. The molecule has 1 aromatic carbocycles. The Labute approximate surface area is 153 Å². The SMILES string of the molecule is Cc1cnn(C[C@@H]2CCCCN2C(=O)c2ccc(-n3ccnc3)cc2)c1. The van der Waals surface area contributed by atoms with Crippen LogP contribution in [0.25, 0.3) is 5.69 Å². The molecular weight excluding hydrogens is 326 g/mol. The normalized spacial score (nSPS) is 17.4. The predicted molar refractivity (Wildman–Crippen MR) is 99.2 cm³/mol. The summed E-state index contributed by atoms with van der Waals surface area (Å²) < 4.78 is 3.88. The summed E-state index contributed by atoms with van der Waals surface area (Å²) in [6, 6.07) is 7.93. The number of rotatable bonds is 4. The van der Waals surface area contributed by atoms with Gasteiger partial charge in [0.1, 0.15) is 0 Å². The van der Waals surface area contributed by atoms with Gasteiger partial charge >= 0.3 is 0 Å². The van der Waals surface area contributed by atoms with E-state index in [0.717, 1.165) is 49.2 Å². The minimum absolute atomic E-state index is 0.107. The van der Waals surface area contributed by atoms with Crippen molar-refractivity contribution in [2.24, 2.45) is 0 Å². The van der Waals surface area contributed by atoms with E-state index in [1.54, 1.807) is 12.5 Å². The number of likely N-dealkylation sites (tertiary alicyclic amines) is 1. The van der Waals surface area contributed by atoms with Crippen molar-refractivity contribution in [1.82, 2.24) is 24.2 Å². The molecule has 1 aliphatic heterocycles. The number of carbonyl (C=O) groups excluding carboxylic acids is 1. The number of imidazole rings is 1. The molecular formula is C20H23N5O. The summed E-state index contributed by atoms with van der Waals surface area (Å²) in [5.74, 6) is 0.107. The fourth-order valence-electron chi connectivity index (χ4n) is 3.59. The van der Waals surface area contributed by atoms with E-state index in [4.69, 9.17) is 0 Å². The molecule has 26 heavy (non-hydrogen) atoms. The summed E-state index contributed by atoms with van der Waals surface area (Å²) in [7, 11) is 0. The number of hydrogen-bond acceptors (Lipinski definition) is 3. The Kier molecular flexibility index (Phi) is 4.56. The largest absolute Gasteiger partial charge is 0.334 e. The lowest BCUT2D eigenvalue weighted by atomic mass is 10.0. The highest BCUT2D eigenvalue weighted by Gasteiger charge is 2.28. The van der Waals surface area contributed by atoms with Gasteiger partial charge in [-0.2, -0.15) is 5.10 Å². The summed E-state index contributed by atoms with van der Waals surface area (Å²) >= 11 is 0. The van der Waals surface area contributed by atoms with Crippen LogP contribution in [0.1, 0.15) is 35.2 Å². The Balaban J connectivity index is 1.51. The maximum Gasteiger partial charge on any atom is 0.254 e. The number of benzene rings is 1. The Morgan fingerprint density at radius 1 is 1.23 bits per heavy atom. The fourth-order valence-corrected chi connectivity index (χ4v) is 3.59. The number of nitrogens with zero attached hydrogens (tertiary/aromatic N) is 5. The fraction of sp³-hybridized carbons (Fsp3) is 0.350. The standard InChI is InChI=1S/C20H23N5O/c1-16-12-22-24(13-16)14-19-4-2-3-10-25(19)20(26)17-5-7-18(8-6-17)23-11-9-21-15-23/h5-9,11-13,15,19H,2-4,10,14H2,1H3/t19-/m0/s1. The molecule has 2 aromatic heterocycles. The highest BCUT2D eigenvalue weighted by molar-refractivity contribution is 5.94. The zero-order valence-corrected chi connectivity index (χ0v) is 15.0. The van der Waals surface area contributed by atoms with Gasteiger partial charge in [-0.1, -0.05) is 0 Å². The first-order valence-corrected chi connectivity index (χ1v) is 9.09. The van der Waals surface area contributed by atoms with E-state index in [1.165, 1.54) is 0 Å². The molecule has 0 spiro atoms. The first-order valence-electron chi connectivity index (χ1n) is 9.09. The molecule has 6 heteroatoms. The molecule has 1 aliphatic rings. The van der Waals surface area contributed by atoms with Gasteiger partial charge < -0.3 is 9.47 Å². The molecule has 3 heterocycles. The van der Waals surface area contributed by atoms with Crippen LogP contribution in [-0.4, -0.2) is 42.7 Å². The molecule has 3 aromatic rings. The molecule has 6 nitrogen and oxygen atoms in total. The van der Waals surface area contributed by atoms with Crippen LogP contribution in [0.4, 0.5) is 0 Å². The van der Waals surface area contributed by atoms with Crippen LogP contribution in [0, 0.1) is 6.92 Å². The van der Waals surface area contributed by atoms with Crippen LogP contribution in [0.15, 0.2) is 55.4 Å². The van der Waals surface area contributed by atoms with Gasteiger partial charge in [-0.05, 0) is 56.0 Å². The zero-order valence-electron chi connectivity index (χ0n) is 15.0. The molecule has 0 bridgehead atoms.